The third-order valence-corrected chi connectivity index (χ3v) is 5.70. The molecule has 0 radical (unpaired) electrons. The number of nitro groups is 1. The smallest absolute Gasteiger partial charge is 0.269 e. The summed E-state index contributed by atoms with van der Waals surface area (Å²) < 4.78 is 25.8. The Labute approximate surface area is 139 Å². The predicted molar refractivity (Wildman–Crippen MR) is 88.9 cm³/mol. The fraction of sp³-hybridized carbons (Fsp3) is 0.176. The van der Waals surface area contributed by atoms with Crippen molar-refractivity contribution in [1.82, 2.24) is 0 Å². The van der Waals surface area contributed by atoms with E-state index in [9.17, 15) is 23.6 Å². The number of hydrogen-bond acceptors (Lipinski definition) is 5. The molecular formula is C17H15NO5S. The van der Waals surface area contributed by atoms with Gasteiger partial charge in [-0.2, -0.15) is 0 Å². The van der Waals surface area contributed by atoms with E-state index in [1.165, 1.54) is 36.4 Å². The summed E-state index contributed by atoms with van der Waals surface area (Å²) in [7, 11) is -3.92. The third kappa shape index (κ3) is 3.62. The molecule has 0 aliphatic heterocycles. The minimum atomic E-state index is -3.92. The molecule has 0 heterocycles. The summed E-state index contributed by atoms with van der Waals surface area (Å²) in [6, 6.07) is 12.7. The minimum Gasteiger partial charge on any atom is -0.390 e. The van der Waals surface area contributed by atoms with Gasteiger partial charge in [-0.15, -0.1) is 12.3 Å². The Morgan fingerprint density at radius 2 is 1.71 bits per heavy atom. The van der Waals surface area contributed by atoms with E-state index in [1.54, 1.807) is 18.2 Å². The second-order valence-corrected chi connectivity index (χ2v) is 7.17. The fourth-order valence-electron chi connectivity index (χ4n) is 2.38. The summed E-state index contributed by atoms with van der Waals surface area (Å²) in [4.78, 5) is 10.2. The second-order valence-electron chi connectivity index (χ2n) is 5.10. The Morgan fingerprint density at radius 1 is 1.12 bits per heavy atom. The van der Waals surface area contributed by atoms with Crippen LogP contribution in [-0.2, 0) is 9.84 Å². The van der Waals surface area contributed by atoms with E-state index in [0.29, 0.717) is 0 Å². The van der Waals surface area contributed by atoms with Gasteiger partial charge in [0.25, 0.3) is 5.69 Å². The van der Waals surface area contributed by atoms with E-state index in [2.05, 4.69) is 5.92 Å². The molecule has 2 rings (SSSR count). The van der Waals surface area contributed by atoms with Gasteiger partial charge in [0.1, 0.15) is 5.25 Å². The lowest BCUT2D eigenvalue weighted by Gasteiger charge is -2.22. The molecule has 2 aromatic rings. The van der Waals surface area contributed by atoms with Gasteiger partial charge in [-0.25, -0.2) is 8.42 Å². The Kier molecular flexibility index (Phi) is 5.34. The van der Waals surface area contributed by atoms with Crippen molar-refractivity contribution in [2.75, 3.05) is 0 Å². The average molecular weight is 345 g/mol. The highest BCUT2D eigenvalue weighted by Crippen LogP contribution is 2.33. The van der Waals surface area contributed by atoms with Crippen LogP contribution in [0.25, 0.3) is 0 Å². The topological polar surface area (TPSA) is 97.5 Å². The normalized spacial score (nSPS) is 13.7. The Balaban J connectivity index is 2.53. The highest BCUT2D eigenvalue weighted by atomic mass is 32.2. The number of aliphatic hydroxyl groups is 1. The van der Waals surface area contributed by atoms with Crippen molar-refractivity contribution >= 4 is 15.5 Å². The largest absolute Gasteiger partial charge is 0.390 e. The van der Waals surface area contributed by atoms with E-state index in [-0.39, 0.29) is 22.6 Å². The van der Waals surface area contributed by atoms with Crippen molar-refractivity contribution in [1.29, 1.82) is 0 Å². The summed E-state index contributed by atoms with van der Waals surface area (Å²) in [6.07, 6.45) is 3.71. The molecule has 1 N–H and O–H groups in total. The van der Waals surface area contributed by atoms with Crippen molar-refractivity contribution in [3.8, 4) is 12.3 Å². The first-order valence-electron chi connectivity index (χ1n) is 7.02. The number of terminal acetylenes is 1. The van der Waals surface area contributed by atoms with Crippen LogP contribution >= 0.6 is 0 Å². The number of rotatable bonds is 6. The molecule has 0 bridgehead atoms. The second kappa shape index (κ2) is 7.25. The van der Waals surface area contributed by atoms with Crippen molar-refractivity contribution in [3.05, 3.63) is 70.3 Å². The average Bonchev–Trinajstić information content (AvgIpc) is 2.56. The molecule has 0 aromatic heterocycles. The quantitative estimate of drug-likeness (QED) is 0.493. The molecule has 0 fully saturated rings. The molecule has 0 aliphatic carbocycles. The molecule has 0 aliphatic rings. The molecule has 2 atom stereocenters. The van der Waals surface area contributed by atoms with Gasteiger partial charge in [0.05, 0.1) is 15.9 Å². The molecule has 0 amide bonds. The van der Waals surface area contributed by atoms with Gasteiger partial charge in [-0.3, -0.25) is 10.1 Å². The molecule has 7 heteroatoms. The molecule has 0 saturated carbocycles. The fourth-order valence-corrected chi connectivity index (χ4v) is 4.23. The first-order chi connectivity index (χ1) is 11.4. The lowest BCUT2D eigenvalue weighted by Crippen LogP contribution is -2.26. The van der Waals surface area contributed by atoms with Crippen molar-refractivity contribution in [2.24, 2.45) is 0 Å². The van der Waals surface area contributed by atoms with Gasteiger partial charge < -0.3 is 5.11 Å². The predicted octanol–water partition coefficient (Wildman–Crippen LogP) is 2.49. The highest BCUT2D eigenvalue weighted by Gasteiger charge is 2.35. The van der Waals surface area contributed by atoms with Crippen LogP contribution in [0.15, 0.2) is 59.5 Å². The van der Waals surface area contributed by atoms with E-state index in [0.717, 1.165) is 0 Å². The van der Waals surface area contributed by atoms with Gasteiger partial charge in [0.15, 0.2) is 9.84 Å². The van der Waals surface area contributed by atoms with Crippen LogP contribution in [0.3, 0.4) is 0 Å². The molecule has 24 heavy (non-hydrogen) atoms. The maximum absolute atomic E-state index is 12.9. The van der Waals surface area contributed by atoms with Crippen LogP contribution in [0.4, 0.5) is 5.69 Å². The first-order valence-corrected chi connectivity index (χ1v) is 8.57. The van der Waals surface area contributed by atoms with Crippen LogP contribution in [-0.4, -0.2) is 24.6 Å². The number of nitrogens with zero attached hydrogens (tertiary/aromatic N) is 1. The molecule has 0 saturated heterocycles. The lowest BCUT2D eigenvalue weighted by atomic mass is 10.0. The van der Waals surface area contributed by atoms with Crippen LogP contribution in [0.2, 0.25) is 0 Å². The van der Waals surface area contributed by atoms with Gasteiger partial charge in [-0.1, -0.05) is 30.3 Å². The molecule has 124 valence electrons. The Hall–Kier alpha value is -2.69. The zero-order chi connectivity index (χ0) is 17.7. The van der Waals surface area contributed by atoms with Crippen LogP contribution in [0.1, 0.15) is 17.2 Å². The van der Waals surface area contributed by atoms with E-state index in [4.69, 9.17) is 6.42 Å². The van der Waals surface area contributed by atoms with Crippen molar-refractivity contribution in [3.63, 3.8) is 0 Å². The van der Waals surface area contributed by atoms with E-state index in [1.807, 2.05) is 0 Å². The standard InChI is InChI=1S/C17H15NO5S/c1-2-6-16(19)17(13-9-11-14(12-10-13)18(20)21)24(22,23)15-7-4-3-5-8-15/h1,3-5,7-12,16-17,19H,6H2. The van der Waals surface area contributed by atoms with E-state index < -0.39 is 26.1 Å². The zero-order valence-electron chi connectivity index (χ0n) is 12.6. The summed E-state index contributed by atoms with van der Waals surface area (Å²) in [5.41, 5.74) is 0.0771. The summed E-state index contributed by atoms with van der Waals surface area (Å²) >= 11 is 0. The monoisotopic (exact) mass is 345 g/mol. The minimum absolute atomic E-state index is 0.0458. The molecule has 2 unspecified atom stereocenters. The summed E-state index contributed by atoms with van der Waals surface area (Å²) in [5, 5.41) is 19.7. The number of hydrogen-bond donors (Lipinski definition) is 1. The van der Waals surface area contributed by atoms with Crippen LogP contribution < -0.4 is 0 Å². The SMILES string of the molecule is C#CCC(O)C(c1ccc([N+](=O)[O-])cc1)S(=O)(=O)c1ccccc1. The maximum atomic E-state index is 12.9. The van der Waals surface area contributed by atoms with Crippen molar-refractivity contribution < 1.29 is 18.4 Å². The van der Waals surface area contributed by atoms with Gasteiger partial charge in [0, 0.05) is 18.6 Å². The first kappa shape index (κ1) is 17.7. The van der Waals surface area contributed by atoms with Crippen molar-refractivity contribution in [2.45, 2.75) is 22.7 Å². The number of non-ortho nitro benzene ring substituents is 1. The summed E-state index contributed by atoms with van der Waals surface area (Å²) in [5.74, 6) is 2.25. The number of sulfone groups is 1. The Morgan fingerprint density at radius 3 is 2.21 bits per heavy atom. The number of aliphatic hydroxyl groups excluding tert-OH is 1. The zero-order valence-corrected chi connectivity index (χ0v) is 13.4. The Bertz CT molecular complexity index is 854. The van der Waals surface area contributed by atoms with Gasteiger partial charge >= 0.3 is 0 Å². The highest BCUT2D eigenvalue weighted by molar-refractivity contribution is 7.91. The van der Waals surface area contributed by atoms with Gasteiger partial charge in [0.2, 0.25) is 0 Å². The van der Waals surface area contributed by atoms with Crippen LogP contribution in [0.5, 0.6) is 0 Å². The van der Waals surface area contributed by atoms with E-state index >= 15 is 0 Å². The lowest BCUT2D eigenvalue weighted by molar-refractivity contribution is -0.384. The molecule has 6 nitrogen and oxygen atoms in total. The maximum Gasteiger partial charge on any atom is 0.269 e. The molecule has 0 spiro atoms. The summed E-state index contributed by atoms with van der Waals surface area (Å²) in [6.45, 7) is 0. The molecular weight excluding hydrogens is 330 g/mol. The number of nitro benzene ring substituents is 1. The van der Waals surface area contributed by atoms with Gasteiger partial charge in [-0.05, 0) is 17.7 Å². The third-order valence-electron chi connectivity index (χ3n) is 3.51. The van der Waals surface area contributed by atoms with Crippen LogP contribution in [0, 0.1) is 22.5 Å². The molecule has 2 aromatic carbocycles. The number of benzene rings is 2.